The largest absolute Gasteiger partial charge is 0.416 e. The lowest BCUT2D eigenvalue weighted by atomic mass is 10.0. The fourth-order valence-electron chi connectivity index (χ4n) is 2.01. The van der Waals surface area contributed by atoms with Crippen molar-refractivity contribution in [2.24, 2.45) is 5.92 Å². The fraction of sp³-hybridized carbons (Fsp3) is 0.500. The lowest BCUT2D eigenvalue weighted by molar-refractivity contribution is -0.137. The average Bonchev–Trinajstić information content (AvgIpc) is 3.02. The number of benzene rings is 1. The fourth-order valence-corrected chi connectivity index (χ4v) is 2.01. The van der Waals surface area contributed by atoms with Crippen LogP contribution in [0.4, 0.5) is 13.2 Å². The predicted octanol–water partition coefficient (Wildman–Crippen LogP) is 3.38. The number of alkyl halides is 3. The Kier molecular flexibility index (Phi) is 2.93. The molecule has 0 bridgehead atoms. The van der Waals surface area contributed by atoms with Crippen LogP contribution in [-0.4, -0.2) is 7.05 Å². The number of rotatable bonds is 3. The van der Waals surface area contributed by atoms with Gasteiger partial charge in [0.25, 0.3) is 0 Å². The highest BCUT2D eigenvalue weighted by molar-refractivity contribution is 5.29. The maximum atomic E-state index is 12.5. The molecule has 4 heteroatoms. The molecule has 1 nitrogen and oxygen atoms in total. The highest BCUT2D eigenvalue weighted by atomic mass is 19.4. The van der Waals surface area contributed by atoms with Gasteiger partial charge in [0.05, 0.1) is 5.56 Å². The zero-order valence-electron chi connectivity index (χ0n) is 9.01. The van der Waals surface area contributed by atoms with Gasteiger partial charge in [-0.25, -0.2) is 0 Å². The van der Waals surface area contributed by atoms with E-state index >= 15 is 0 Å². The van der Waals surface area contributed by atoms with Gasteiger partial charge in [-0.05, 0) is 43.5 Å². The molecule has 0 spiro atoms. The lowest BCUT2D eigenvalue weighted by Gasteiger charge is -2.17. The van der Waals surface area contributed by atoms with Crippen molar-refractivity contribution >= 4 is 0 Å². The van der Waals surface area contributed by atoms with Crippen LogP contribution in [0, 0.1) is 5.92 Å². The second kappa shape index (κ2) is 4.09. The van der Waals surface area contributed by atoms with Crippen LogP contribution in [0.2, 0.25) is 0 Å². The monoisotopic (exact) mass is 229 g/mol. The van der Waals surface area contributed by atoms with E-state index in [9.17, 15) is 13.2 Å². The normalized spacial score (nSPS) is 18.5. The van der Waals surface area contributed by atoms with E-state index in [0.717, 1.165) is 24.5 Å². The predicted molar refractivity (Wildman–Crippen MR) is 56.0 cm³/mol. The van der Waals surface area contributed by atoms with Crippen LogP contribution in [0.3, 0.4) is 0 Å². The Morgan fingerprint density at radius 1 is 1.31 bits per heavy atom. The van der Waals surface area contributed by atoms with Gasteiger partial charge in [0.15, 0.2) is 0 Å². The summed E-state index contributed by atoms with van der Waals surface area (Å²) in [4.78, 5) is 0. The quantitative estimate of drug-likeness (QED) is 0.837. The van der Waals surface area contributed by atoms with E-state index in [0.29, 0.717) is 5.92 Å². The zero-order chi connectivity index (χ0) is 11.8. The first-order valence-electron chi connectivity index (χ1n) is 5.37. The molecule has 88 valence electrons. The van der Waals surface area contributed by atoms with Crippen molar-refractivity contribution in [3.05, 3.63) is 35.4 Å². The van der Waals surface area contributed by atoms with Crippen molar-refractivity contribution < 1.29 is 13.2 Å². The molecular formula is C12H14F3N. The lowest BCUT2D eigenvalue weighted by Crippen LogP contribution is -2.19. The Morgan fingerprint density at radius 3 is 2.50 bits per heavy atom. The molecule has 1 fully saturated rings. The number of hydrogen-bond acceptors (Lipinski definition) is 1. The number of hydrogen-bond donors (Lipinski definition) is 1. The summed E-state index contributed by atoms with van der Waals surface area (Å²) < 4.78 is 37.6. The molecule has 1 aromatic rings. The van der Waals surface area contributed by atoms with E-state index in [1.807, 2.05) is 0 Å². The van der Waals surface area contributed by atoms with Crippen molar-refractivity contribution in [1.29, 1.82) is 0 Å². The summed E-state index contributed by atoms with van der Waals surface area (Å²) in [6, 6.07) is 5.66. The maximum absolute atomic E-state index is 12.5. The number of nitrogens with one attached hydrogen (secondary N) is 1. The molecule has 16 heavy (non-hydrogen) atoms. The van der Waals surface area contributed by atoms with Crippen LogP contribution in [0.5, 0.6) is 0 Å². The average molecular weight is 229 g/mol. The third-order valence-electron chi connectivity index (χ3n) is 2.98. The van der Waals surface area contributed by atoms with Gasteiger partial charge in [-0.2, -0.15) is 13.2 Å². The van der Waals surface area contributed by atoms with E-state index in [2.05, 4.69) is 5.32 Å². The van der Waals surface area contributed by atoms with Gasteiger partial charge in [-0.15, -0.1) is 0 Å². The first-order chi connectivity index (χ1) is 7.52. The SMILES string of the molecule is CNC(c1cccc(C(F)(F)F)c1)C1CC1. The summed E-state index contributed by atoms with van der Waals surface area (Å²) in [5.41, 5.74) is 0.172. The Labute approximate surface area is 92.7 Å². The van der Waals surface area contributed by atoms with Crippen LogP contribution in [0.1, 0.15) is 30.0 Å². The van der Waals surface area contributed by atoms with Crippen LogP contribution < -0.4 is 5.32 Å². The van der Waals surface area contributed by atoms with E-state index < -0.39 is 11.7 Å². The van der Waals surface area contributed by atoms with Crippen LogP contribution >= 0.6 is 0 Å². The molecular weight excluding hydrogens is 215 g/mol. The molecule has 2 rings (SSSR count). The summed E-state index contributed by atoms with van der Waals surface area (Å²) in [5, 5.41) is 3.09. The highest BCUT2D eigenvalue weighted by Crippen LogP contribution is 2.41. The summed E-state index contributed by atoms with van der Waals surface area (Å²) in [6.45, 7) is 0. The molecule has 1 unspecified atom stereocenters. The minimum atomic E-state index is -4.25. The second-order valence-electron chi connectivity index (χ2n) is 4.23. The molecule has 1 atom stereocenters. The van der Waals surface area contributed by atoms with Gasteiger partial charge in [0.1, 0.15) is 0 Å². The first-order valence-corrected chi connectivity index (χ1v) is 5.37. The minimum absolute atomic E-state index is 0.0577. The first kappa shape index (κ1) is 11.5. The summed E-state index contributed by atoms with van der Waals surface area (Å²) in [6.07, 6.45) is -2.05. The molecule has 1 aromatic carbocycles. The molecule has 0 amide bonds. The molecule has 1 aliphatic rings. The second-order valence-corrected chi connectivity index (χ2v) is 4.23. The molecule has 1 N–H and O–H groups in total. The van der Waals surface area contributed by atoms with Crippen molar-refractivity contribution in [2.45, 2.75) is 25.1 Å². The van der Waals surface area contributed by atoms with Gasteiger partial charge < -0.3 is 5.32 Å². The Hall–Kier alpha value is -1.03. The third-order valence-corrected chi connectivity index (χ3v) is 2.98. The van der Waals surface area contributed by atoms with E-state index in [-0.39, 0.29) is 6.04 Å². The van der Waals surface area contributed by atoms with Gasteiger partial charge in [-0.3, -0.25) is 0 Å². The maximum Gasteiger partial charge on any atom is 0.416 e. The molecule has 0 saturated heterocycles. The van der Waals surface area contributed by atoms with Crippen LogP contribution in [-0.2, 0) is 6.18 Å². The van der Waals surface area contributed by atoms with Gasteiger partial charge in [-0.1, -0.05) is 12.1 Å². The third kappa shape index (κ3) is 2.38. The van der Waals surface area contributed by atoms with Crippen molar-refractivity contribution in [2.75, 3.05) is 7.05 Å². The van der Waals surface area contributed by atoms with Gasteiger partial charge in [0, 0.05) is 6.04 Å². The Balaban J connectivity index is 2.27. The van der Waals surface area contributed by atoms with Crippen LogP contribution in [0.25, 0.3) is 0 Å². The Morgan fingerprint density at radius 2 is 2.00 bits per heavy atom. The van der Waals surface area contributed by atoms with Gasteiger partial charge in [0.2, 0.25) is 0 Å². The molecule has 1 aliphatic carbocycles. The summed E-state index contributed by atoms with van der Waals surface area (Å²) in [7, 11) is 1.79. The van der Waals surface area contributed by atoms with Crippen LogP contribution in [0.15, 0.2) is 24.3 Å². The molecule has 0 aromatic heterocycles. The standard InChI is InChI=1S/C12H14F3N/c1-16-11(8-5-6-8)9-3-2-4-10(7-9)12(13,14)15/h2-4,7-8,11,16H,5-6H2,1H3. The molecule has 0 heterocycles. The smallest absolute Gasteiger partial charge is 0.313 e. The van der Waals surface area contributed by atoms with E-state index in [4.69, 9.17) is 0 Å². The molecule has 0 aliphatic heterocycles. The van der Waals surface area contributed by atoms with E-state index in [1.54, 1.807) is 13.1 Å². The van der Waals surface area contributed by atoms with E-state index in [1.165, 1.54) is 12.1 Å². The van der Waals surface area contributed by atoms with Gasteiger partial charge >= 0.3 is 6.18 Å². The zero-order valence-corrected chi connectivity index (χ0v) is 9.01. The molecule has 0 radical (unpaired) electrons. The summed E-state index contributed by atoms with van der Waals surface area (Å²) >= 11 is 0. The van der Waals surface area contributed by atoms with Crippen molar-refractivity contribution in [3.63, 3.8) is 0 Å². The molecule has 1 saturated carbocycles. The summed E-state index contributed by atoms with van der Waals surface area (Å²) in [5.74, 6) is 0.494. The number of halogens is 3. The highest BCUT2D eigenvalue weighted by Gasteiger charge is 2.34. The van der Waals surface area contributed by atoms with Crippen molar-refractivity contribution in [1.82, 2.24) is 5.32 Å². The minimum Gasteiger partial charge on any atom is -0.313 e. The Bertz CT molecular complexity index is 369. The van der Waals surface area contributed by atoms with Crippen molar-refractivity contribution in [3.8, 4) is 0 Å². The topological polar surface area (TPSA) is 12.0 Å².